The lowest BCUT2D eigenvalue weighted by molar-refractivity contribution is -0.0258. The normalized spacial score (nSPS) is 21.6. The van der Waals surface area contributed by atoms with E-state index < -0.39 is 0 Å². The van der Waals surface area contributed by atoms with E-state index in [-0.39, 0.29) is 5.75 Å². The summed E-state index contributed by atoms with van der Waals surface area (Å²) in [4.78, 5) is 4.38. The Kier molecular flexibility index (Phi) is 3.69. The van der Waals surface area contributed by atoms with Gasteiger partial charge in [0.05, 0.1) is 6.10 Å². The average Bonchev–Trinajstić information content (AvgIpc) is 2.85. The van der Waals surface area contributed by atoms with Gasteiger partial charge in [0.25, 0.3) is 0 Å². The van der Waals surface area contributed by atoms with Crippen LogP contribution in [0.15, 0.2) is 28.8 Å². The predicted molar refractivity (Wildman–Crippen MR) is 73.2 cm³/mol. The Bertz CT molecular complexity index is 576. The molecule has 0 aliphatic heterocycles. The summed E-state index contributed by atoms with van der Waals surface area (Å²) in [6.45, 7) is 2.80. The van der Waals surface area contributed by atoms with Gasteiger partial charge in [0, 0.05) is 18.6 Å². The second kappa shape index (κ2) is 5.63. The Balaban J connectivity index is 1.60. The number of aromatic hydroxyl groups is 1. The number of ether oxygens (including phenoxy) is 1. The third kappa shape index (κ3) is 2.82. The highest BCUT2D eigenvalue weighted by Gasteiger charge is 2.31. The molecule has 1 aliphatic carbocycles. The van der Waals surface area contributed by atoms with Crippen molar-refractivity contribution in [1.29, 1.82) is 0 Å². The van der Waals surface area contributed by atoms with Crippen molar-refractivity contribution in [1.82, 2.24) is 10.1 Å². The van der Waals surface area contributed by atoms with E-state index in [0.717, 1.165) is 31.4 Å². The molecule has 5 heteroatoms. The van der Waals surface area contributed by atoms with Gasteiger partial charge in [-0.15, -0.1) is 0 Å². The van der Waals surface area contributed by atoms with Crippen LogP contribution in [0.1, 0.15) is 25.7 Å². The number of phenols is 1. The van der Waals surface area contributed by atoms with Crippen LogP contribution in [0.5, 0.6) is 5.75 Å². The predicted octanol–water partition coefficient (Wildman–Crippen LogP) is 2.80. The van der Waals surface area contributed by atoms with Crippen molar-refractivity contribution in [3.8, 4) is 17.1 Å². The van der Waals surface area contributed by atoms with Crippen molar-refractivity contribution in [3.05, 3.63) is 30.2 Å². The molecule has 0 spiro atoms. The summed E-state index contributed by atoms with van der Waals surface area (Å²) in [7, 11) is 0. The number of hydrogen-bond donors (Lipinski definition) is 1. The maximum absolute atomic E-state index is 9.45. The van der Waals surface area contributed by atoms with Crippen LogP contribution < -0.4 is 0 Å². The SMILES string of the molecule is CCOC1CC(Cc2nc(-c3cccc(O)c3)no2)C1. The fraction of sp³-hybridized carbons (Fsp3) is 0.467. The molecule has 1 aliphatic rings. The van der Waals surface area contributed by atoms with Gasteiger partial charge in [-0.2, -0.15) is 4.98 Å². The summed E-state index contributed by atoms with van der Waals surface area (Å²) in [5.41, 5.74) is 0.765. The number of hydrogen-bond acceptors (Lipinski definition) is 5. The Morgan fingerprint density at radius 1 is 1.40 bits per heavy atom. The first kappa shape index (κ1) is 13.1. The second-order valence-corrected chi connectivity index (χ2v) is 5.18. The summed E-state index contributed by atoms with van der Waals surface area (Å²) in [5.74, 6) is 1.95. The van der Waals surface area contributed by atoms with E-state index in [1.165, 1.54) is 0 Å². The van der Waals surface area contributed by atoms with Gasteiger partial charge in [-0.3, -0.25) is 0 Å². The molecular formula is C15H18N2O3. The van der Waals surface area contributed by atoms with Gasteiger partial charge in [-0.1, -0.05) is 17.3 Å². The first-order chi connectivity index (χ1) is 9.74. The lowest BCUT2D eigenvalue weighted by Gasteiger charge is -2.33. The van der Waals surface area contributed by atoms with Gasteiger partial charge < -0.3 is 14.4 Å². The van der Waals surface area contributed by atoms with Crippen LogP contribution in [0.2, 0.25) is 0 Å². The molecule has 1 saturated carbocycles. The topological polar surface area (TPSA) is 68.4 Å². The molecule has 1 heterocycles. The van der Waals surface area contributed by atoms with Crippen LogP contribution in [-0.4, -0.2) is 28.0 Å². The van der Waals surface area contributed by atoms with Crippen LogP contribution in [0, 0.1) is 5.92 Å². The van der Waals surface area contributed by atoms with Crippen molar-refractivity contribution in [3.63, 3.8) is 0 Å². The minimum Gasteiger partial charge on any atom is -0.508 e. The molecule has 20 heavy (non-hydrogen) atoms. The van der Waals surface area contributed by atoms with Crippen molar-refractivity contribution in [2.45, 2.75) is 32.3 Å². The molecule has 2 aromatic rings. The quantitative estimate of drug-likeness (QED) is 0.908. The summed E-state index contributed by atoms with van der Waals surface area (Å²) >= 11 is 0. The zero-order valence-electron chi connectivity index (χ0n) is 11.5. The van der Waals surface area contributed by atoms with E-state index in [0.29, 0.717) is 23.7 Å². The minimum atomic E-state index is 0.201. The van der Waals surface area contributed by atoms with Gasteiger partial charge >= 0.3 is 0 Å². The number of aromatic nitrogens is 2. The molecule has 0 radical (unpaired) electrons. The van der Waals surface area contributed by atoms with Crippen LogP contribution in [0.25, 0.3) is 11.4 Å². The Labute approximate surface area is 117 Å². The maximum Gasteiger partial charge on any atom is 0.227 e. The first-order valence-corrected chi connectivity index (χ1v) is 6.98. The molecule has 0 saturated heterocycles. The zero-order valence-corrected chi connectivity index (χ0v) is 11.5. The molecule has 5 nitrogen and oxygen atoms in total. The molecule has 3 rings (SSSR count). The molecule has 1 aromatic heterocycles. The summed E-state index contributed by atoms with van der Waals surface area (Å²) in [5, 5.41) is 13.4. The minimum absolute atomic E-state index is 0.201. The van der Waals surface area contributed by atoms with Crippen molar-refractivity contribution < 1.29 is 14.4 Å². The van der Waals surface area contributed by atoms with E-state index in [2.05, 4.69) is 10.1 Å². The van der Waals surface area contributed by atoms with Crippen LogP contribution in [0.3, 0.4) is 0 Å². The van der Waals surface area contributed by atoms with Gasteiger partial charge in [-0.25, -0.2) is 0 Å². The fourth-order valence-electron chi connectivity index (χ4n) is 2.56. The molecule has 1 N–H and O–H groups in total. The molecule has 0 amide bonds. The molecule has 1 fully saturated rings. The molecule has 0 atom stereocenters. The molecule has 0 unspecified atom stereocenters. The Morgan fingerprint density at radius 2 is 2.25 bits per heavy atom. The summed E-state index contributed by atoms with van der Waals surface area (Å²) < 4.78 is 10.8. The number of phenolic OH excluding ortho intramolecular Hbond substituents is 1. The smallest absolute Gasteiger partial charge is 0.227 e. The highest BCUT2D eigenvalue weighted by Crippen LogP contribution is 2.33. The number of benzene rings is 1. The number of nitrogens with zero attached hydrogens (tertiary/aromatic N) is 2. The van der Waals surface area contributed by atoms with Gasteiger partial charge in [0.1, 0.15) is 5.75 Å². The van der Waals surface area contributed by atoms with Crippen LogP contribution in [-0.2, 0) is 11.2 Å². The zero-order chi connectivity index (χ0) is 13.9. The molecule has 106 valence electrons. The summed E-state index contributed by atoms with van der Waals surface area (Å²) in [6, 6.07) is 6.86. The van der Waals surface area contributed by atoms with E-state index in [9.17, 15) is 5.11 Å². The van der Waals surface area contributed by atoms with E-state index >= 15 is 0 Å². The lowest BCUT2D eigenvalue weighted by Crippen LogP contribution is -2.32. The molecule has 1 aromatic carbocycles. The van der Waals surface area contributed by atoms with E-state index in [1.807, 2.05) is 13.0 Å². The van der Waals surface area contributed by atoms with Crippen molar-refractivity contribution in [2.24, 2.45) is 5.92 Å². The largest absolute Gasteiger partial charge is 0.508 e. The standard InChI is InChI=1S/C15H18N2O3/c1-2-19-13-6-10(7-13)8-14-16-15(17-20-14)11-4-3-5-12(18)9-11/h3-5,9-10,13,18H,2,6-8H2,1H3. The second-order valence-electron chi connectivity index (χ2n) is 5.18. The Morgan fingerprint density at radius 3 is 3.00 bits per heavy atom. The summed E-state index contributed by atoms with van der Waals surface area (Å²) in [6.07, 6.45) is 3.34. The number of rotatable bonds is 5. The lowest BCUT2D eigenvalue weighted by atomic mass is 9.80. The van der Waals surface area contributed by atoms with Crippen LogP contribution >= 0.6 is 0 Å². The Hall–Kier alpha value is -1.88. The average molecular weight is 274 g/mol. The molecular weight excluding hydrogens is 256 g/mol. The van der Waals surface area contributed by atoms with Crippen molar-refractivity contribution in [2.75, 3.05) is 6.61 Å². The molecule has 0 bridgehead atoms. The monoisotopic (exact) mass is 274 g/mol. The van der Waals surface area contributed by atoms with Gasteiger partial charge in [0.15, 0.2) is 0 Å². The van der Waals surface area contributed by atoms with Crippen LogP contribution in [0.4, 0.5) is 0 Å². The van der Waals surface area contributed by atoms with Gasteiger partial charge in [0.2, 0.25) is 11.7 Å². The van der Waals surface area contributed by atoms with E-state index in [4.69, 9.17) is 9.26 Å². The highest BCUT2D eigenvalue weighted by atomic mass is 16.5. The van der Waals surface area contributed by atoms with E-state index in [1.54, 1.807) is 18.2 Å². The highest BCUT2D eigenvalue weighted by molar-refractivity contribution is 5.56. The van der Waals surface area contributed by atoms with Crippen molar-refractivity contribution >= 4 is 0 Å². The maximum atomic E-state index is 9.45. The fourth-order valence-corrected chi connectivity index (χ4v) is 2.56. The first-order valence-electron chi connectivity index (χ1n) is 6.98. The third-order valence-corrected chi connectivity index (χ3v) is 3.63. The third-order valence-electron chi connectivity index (χ3n) is 3.63. The van der Waals surface area contributed by atoms with Gasteiger partial charge in [-0.05, 0) is 37.8 Å².